The summed E-state index contributed by atoms with van der Waals surface area (Å²) in [6, 6.07) is 5.13. The molecule has 0 aliphatic carbocycles. The Kier molecular flexibility index (Phi) is 7.33. The second-order valence-electron chi connectivity index (χ2n) is 6.98. The number of nitrogens with one attached hydrogen (secondary N) is 1. The first-order valence-electron chi connectivity index (χ1n) is 9.12. The molecule has 8 heteroatoms. The maximum absolute atomic E-state index is 12.6. The summed E-state index contributed by atoms with van der Waals surface area (Å²) < 4.78 is 11.1. The van der Waals surface area contributed by atoms with Crippen molar-refractivity contribution in [2.75, 3.05) is 26.3 Å². The maximum Gasteiger partial charge on any atom is 0.307 e. The monoisotopic (exact) mass is 398 g/mol. The minimum absolute atomic E-state index is 0. The third-order valence-corrected chi connectivity index (χ3v) is 5.15. The zero-order valence-corrected chi connectivity index (χ0v) is 16.5. The van der Waals surface area contributed by atoms with Crippen LogP contribution in [0.2, 0.25) is 0 Å². The van der Waals surface area contributed by atoms with Crippen molar-refractivity contribution in [3.63, 3.8) is 0 Å². The molecule has 1 aromatic carbocycles. The highest BCUT2D eigenvalue weighted by atomic mass is 35.5. The van der Waals surface area contributed by atoms with Crippen LogP contribution in [-0.4, -0.2) is 54.2 Å². The number of halogens is 1. The van der Waals surface area contributed by atoms with Crippen LogP contribution in [0.25, 0.3) is 0 Å². The highest BCUT2D eigenvalue weighted by molar-refractivity contribution is 5.85. The lowest BCUT2D eigenvalue weighted by Crippen LogP contribution is -2.50. The summed E-state index contributed by atoms with van der Waals surface area (Å²) in [6.45, 7) is 5.98. The van der Waals surface area contributed by atoms with Gasteiger partial charge in [-0.3, -0.25) is 14.5 Å². The van der Waals surface area contributed by atoms with Gasteiger partial charge in [0.2, 0.25) is 5.91 Å². The summed E-state index contributed by atoms with van der Waals surface area (Å²) in [5.41, 5.74) is 0.942. The number of likely N-dealkylation sites (tertiary alicyclic amines) is 1. The van der Waals surface area contributed by atoms with Crippen molar-refractivity contribution in [1.82, 2.24) is 10.2 Å². The average Bonchev–Trinajstić information content (AvgIpc) is 2.66. The number of ether oxygens (including phenoxy) is 2. The minimum Gasteiger partial charge on any atom is -0.486 e. The van der Waals surface area contributed by atoms with E-state index in [1.54, 1.807) is 0 Å². The molecule has 2 N–H and O–H groups in total. The molecule has 2 heterocycles. The first kappa shape index (κ1) is 21.3. The number of benzene rings is 1. The summed E-state index contributed by atoms with van der Waals surface area (Å²) in [5, 5.41) is 12.2. The van der Waals surface area contributed by atoms with Gasteiger partial charge in [-0.15, -0.1) is 12.4 Å². The number of piperidine rings is 1. The molecule has 0 saturated carbocycles. The molecule has 27 heavy (non-hydrogen) atoms. The van der Waals surface area contributed by atoms with E-state index in [1.807, 2.05) is 36.9 Å². The summed E-state index contributed by atoms with van der Waals surface area (Å²) in [4.78, 5) is 25.8. The van der Waals surface area contributed by atoms with E-state index in [1.165, 1.54) is 0 Å². The smallest absolute Gasteiger partial charge is 0.307 e. The van der Waals surface area contributed by atoms with Crippen LogP contribution in [0.3, 0.4) is 0 Å². The van der Waals surface area contributed by atoms with Crippen molar-refractivity contribution < 1.29 is 24.2 Å². The van der Waals surface area contributed by atoms with Gasteiger partial charge in [-0.25, -0.2) is 0 Å². The average molecular weight is 399 g/mol. The van der Waals surface area contributed by atoms with E-state index in [0.29, 0.717) is 31.9 Å². The Labute approximate surface area is 165 Å². The molecule has 3 rings (SSSR count). The van der Waals surface area contributed by atoms with E-state index < -0.39 is 11.9 Å². The Bertz CT molecular complexity index is 684. The number of carboxylic acid groups (broad SMARTS) is 1. The molecule has 0 bridgehead atoms. The molecule has 1 fully saturated rings. The normalized spacial score (nSPS) is 21.5. The van der Waals surface area contributed by atoms with E-state index >= 15 is 0 Å². The number of carbonyl (C=O) groups excluding carboxylic acids is 1. The second-order valence-corrected chi connectivity index (χ2v) is 6.98. The van der Waals surface area contributed by atoms with Crippen LogP contribution >= 0.6 is 12.4 Å². The fraction of sp³-hybridized carbons (Fsp3) is 0.579. The quantitative estimate of drug-likeness (QED) is 0.790. The predicted molar refractivity (Wildman–Crippen MR) is 103 cm³/mol. The zero-order valence-electron chi connectivity index (χ0n) is 15.6. The first-order valence-corrected chi connectivity index (χ1v) is 9.12. The minimum atomic E-state index is -0.785. The van der Waals surface area contributed by atoms with E-state index in [2.05, 4.69) is 5.32 Å². The van der Waals surface area contributed by atoms with Crippen molar-refractivity contribution in [3.05, 3.63) is 23.8 Å². The van der Waals surface area contributed by atoms with Crippen LogP contribution in [0.15, 0.2) is 18.2 Å². The number of fused-ring (bicyclic) bond motifs is 1. The largest absolute Gasteiger partial charge is 0.486 e. The molecule has 0 radical (unpaired) electrons. The van der Waals surface area contributed by atoms with Crippen LogP contribution in [0.4, 0.5) is 0 Å². The molecule has 150 valence electrons. The van der Waals surface area contributed by atoms with Crippen molar-refractivity contribution in [2.24, 2.45) is 5.92 Å². The number of hydrogen-bond donors (Lipinski definition) is 2. The summed E-state index contributed by atoms with van der Waals surface area (Å²) in [6.07, 6.45) is 1.47. The number of aliphatic carboxylic acids is 1. The lowest BCUT2D eigenvalue weighted by Gasteiger charge is -2.35. The molecule has 2 aliphatic heterocycles. The molecular weight excluding hydrogens is 372 g/mol. The van der Waals surface area contributed by atoms with Crippen LogP contribution in [0, 0.1) is 5.92 Å². The van der Waals surface area contributed by atoms with Gasteiger partial charge in [0, 0.05) is 6.54 Å². The number of rotatable bonds is 5. The predicted octanol–water partition coefficient (Wildman–Crippen LogP) is 2.24. The molecule has 1 aromatic rings. The van der Waals surface area contributed by atoms with Crippen LogP contribution in [-0.2, 0) is 9.59 Å². The van der Waals surface area contributed by atoms with Gasteiger partial charge in [-0.2, -0.15) is 0 Å². The lowest BCUT2D eigenvalue weighted by atomic mass is 9.97. The van der Waals surface area contributed by atoms with E-state index in [4.69, 9.17) is 9.47 Å². The number of hydrogen-bond acceptors (Lipinski definition) is 5. The highest BCUT2D eigenvalue weighted by Crippen LogP contribution is 2.32. The van der Waals surface area contributed by atoms with Gasteiger partial charge in [0.25, 0.3) is 0 Å². The lowest BCUT2D eigenvalue weighted by molar-refractivity contribution is -0.145. The van der Waals surface area contributed by atoms with Crippen LogP contribution < -0.4 is 14.8 Å². The summed E-state index contributed by atoms with van der Waals surface area (Å²) in [5.74, 6) is 0.141. The molecule has 0 spiro atoms. The topological polar surface area (TPSA) is 88.1 Å². The van der Waals surface area contributed by atoms with Gasteiger partial charge in [-0.05, 0) is 50.9 Å². The van der Waals surface area contributed by atoms with Gasteiger partial charge in [0.15, 0.2) is 11.5 Å². The Hall–Kier alpha value is -1.99. The van der Waals surface area contributed by atoms with E-state index in [9.17, 15) is 14.7 Å². The van der Waals surface area contributed by atoms with Crippen LogP contribution in [0.1, 0.15) is 38.3 Å². The number of carbonyl (C=O) groups is 2. The van der Waals surface area contributed by atoms with Crippen molar-refractivity contribution >= 4 is 24.3 Å². The number of amides is 1. The van der Waals surface area contributed by atoms with Gasteiger partial charge >= 0.3 is 5.97 Å². The van der Waals surface area contributed by atoms with Crippen molar-refractivity contribution in [1.29, 1.82) is 0 Å². The van der Waals surface area contributed by atoms with Crippen molar-refractivity contribution in [2.45, 2.75) is 38.8 Å². The summed E-state index contributed by atoms with van der Waals surface area (Å²) in [7, 11) is 0. The SMILES string of the molecule is CC(NC(=O)C(C)N1CCCC(C(=O)O)C1)c1ccc2c(c1)OCCO2.Cl. The Morgan fingerprint density at radius 2 is 1.93 bits per heavy atom. The Morgan fingerprint density at radius 1 is 1.22 bits per heavy atom. The van der Waals surface area contributed by atoms with Gasteiger partial charge in [0.1, 0.15) is 13.2 Å². The molecule has 3 atom stereocenters. The van der Waals surface area contributed by atoms with E-state index in [0.717, 1.165) is 24.3 Å². The molecule has 0 aromatic heterocycles. The third kappa shape index (κ3) is 5.05. The number of nitrogens with zero attached hydrogens (tertiary/aromatic N) is 1. The molecule has 1 saturated heterocycles. The molecule has 3 unspecified atom stereocenters. The maximum atomic E-state index is 12.6. The standard InChI is InChI=1S/C19H26N2O5.ClH/c1-12(14-5-6-16-17(10-14)26-9-8-25-16)20-18(22)13(2)21-7-3-4-15(11-21)19(23)24;/h5-6,10,12-13,15H,3-4,7-9,11H2,1-2H3,(H,20,22)(H,23,24);1H. The van der Waals surface area contributed by atoms with Crippen molar-refractivity contribution in [3.8, 4) is 11.5 Å². The fourth-order valence-electron chi connectivity index (χ4n) is 3.47. The summed E-state index contributed by atoms with van der Waals surface area (Å²) >= 11 is 0. The van der Waals surface area contributed by atoms with E-state index in [-0.39, 0.29) is 30.4 Å². The first-order chi connectivity index (χ1) is 12.5. The molecule has 2 aliphatic rings. The number of carboxylic acids is 1. The Morgan fingerprint density at radius 3 is 2.63 bits per heavy atom. The van der Waals surface area contributed by atoms with Gasteiger partial charge in [-0.1, -0.05) is 6.07 Å². The second kappa shape index (κ2) is 9.28. The van der Waals surface area contributed by atoms with Gasteiger partial charge in [0.05, 0.1) is 18.0 Å². The van der Waals surface area contributed by atoms with Crippen LogP contribution in [0.5, 0.6) is 11.5 Å². The molecular formula is C19H27ClN2O5. The fourth-order valence-corrected chi connectivity index (χ4v) is 3.47. The third-order valence-electron chi connectivity index (χ3n) is 5.15. The molecule has 1 amide bonds. The highest BCUT2D eigenvalue weighted by Gasteiger charge is 2.31. The molecule has 7 nitrogen and oxygen atoms in total. The zero-order chi connectivity index (χ0) is 18.7. The van der Waals surface area contributed by atoms with Gasteiger partial charge < -0.3 is 19.9 Å². The Balaban J connectivity index is 0.00000261.